The Kier molecular flexibility index (Phi) is 26.6. The predicted octanol–water partition coefficient (Wildman–Crippen LogP) is 3.62. The van der Waals surface area contributed by atoms with Gasteiger partial charge in [0.25, 0.3) is 10.1 Å². The van der Waals surface area contributed by atoms with E-state index in [9.17, 15) is 8.42 Å². The van der Waals surface area contributed by atoms with Gasteiger partial charge in [0.15, 0.2) is 0 Å². The molecule has 0 saturated carbocycles. The van der Waals surface area contributed by atoms with Gasteiger partial charge in [-0.3, -0.25) is 9.45 Å². The molecule has 0 aliphatic heterocycles. The summed E-state index contributed by atoms with van der Waals surface area (Å²) < 4.78 is 29.6. The minimum absolute atomic E-state index is 0.0694. The molecule has 0 spiro atoms. The number of rotatable bonds is 21. The fraction of sp³-hybridized carbons (Fsp3) is 1.00. The lowest BCUT2D eigenvalue weighted by atomic mass is 10.0. The Bertz CT molecular complexity index is 406. The molecule has 0 aliphatic rings. The summed E-state index contributed by atoms with van der Waals surface area (Å²) in [5, 5.41) is 25.5. The maximum absolute atomic E-state index is 10.5. The molecule has 0 heterocycles. The smallest absolute Gasteiger partial charge is 0.264 e. The van der Waals surface area contributed by atoms with Gasteiger partial charge in [-0.25, -0.2) is 0 Å². The molecule has 0 saturated heterocycles. The van der Waals surface area contributed by atoms with Crippen molar-refractivity contribution in [3.63, 3.8) is 0 Å². The molecule has 0 rings (SSSR count). The molecule has 4 N–H and O–H groups in total. The Morgan fingerprint density at radius 1 is 0.567 bits per heavy atom. The highest BCUT2D eigenvalue weighted by molar-refractivity contribution is 7.85. The van der Waals surface area contributed by atoms with Crippen LogP contribution in [0, 0.1) is 0 Å². The maximum Gasteiger partial charge on any atom is 0.264 e. The summed E-state index contributed by atoms with van der Waals surface area (Å²) in [7, 11) is -3.74. The van der Waals surface area contributed by atoms with Crippen LogP contribution in [0.4, 0.5) is 0 Å². The Morgan fingerprint density at radius 3 is 1.13 bits per heavy atom. The second-order valence-electron chi connectivity index (χ2n) is 7.89. The maximum atomic E-state index is 10.5. The van der Waals surface area contributed by atoms with E-state index in [1.807, 2.05) is 0 Å². The largest absolute Gasteiger partial charge is 0.395 e. The van der Waals surface area contributed by atoms with E-state index in [1.54, 1.807) is 4.90 Å². The average Bonchev–Trinajstić information content (AvgIpc) is 2.68. The van der Waals surface area contributed by atoms with E-state index >= 15 is 0 Å². The molecule has 0 radical (unpaired) electrons. The van der Waals surface area contributed by atoms with Gasteiger partial charge in [-0.2, -0.15) is 8.42 Å². The fourth-order valence-corrected chi connectivity index (χ4v) is 3.81. The Balaban J connectivity index is 0. The average molecular weight is 456 g/mol. The van der Waals surface area contributed by atoms with Crippen molar-refractivity contribution in [2.24, 2.45) is 0 Å². The Morgan fingerprint density at radius 2 is 0.867 bits per heavy atom. The third-order valence-corrected chi connectivity index (χ3v) is 5.81. The van der Waals surface area contributed by atoms with E-state index in [0.717, 1.165) is 12.8 Å². The molecule has 7 nitrogen and oxygen atoms in total. The molecule has 8 heteroatoms. The number of aliphatic hydroxyl groups is 3. The van der Waals surface area contributed by atoms with Crippen molar-refractivity contribution in [2.75, 3.05) is 45.2 Å². The molecule has 184 valence electrons. The predicted molar refractivity (Wildman–Crippen MR) is 124 cm³/mol. The summed E-state index contributed by atoms with van der Waals surface area (Å²) in [6.07, 6.45) is 17.4. The quantitative estimate of drug-likeness (QED) is 0.154. The van der Waals surface area contributed by atoms with Crippen LogP contribution >= 0.6 is 0 Å². The summed E-state index contributed by atoms with van der Waals surface area (Å²) in [4.78, 5) is 1.79. The van der Waals surface area contributed by atoms with Gasteiger partial charge in [-0.15, -0.1) is 0 Å². The topological polar surface area (TPSA) is 118 Å². The third-order valence-electron chi connectivity index (χ3n) is 5.00. The summed E-state index contributed by atoms with van der Waals surface area (Å²) in [6.45, 7) is 4.01. The van der Waals surface area contributed by atoms with Gasteiger partial charge in [0.2, 0.25) is 0 Å². The van der Waals surface area contributed by atoms with Crippen LogP contribution in [-0.2, 0) is 10.1 Å². The molecule has 0 aromatic heterocycles. The number of hydrogen-bond donors (Lipinski definition) is 4. The van der Waals surface area contributed by atoms with Gasteiger partial charge in [0, 0.05) is 19.6 Å². The van der Waals surface area contributed by atoms with Crippen LogP contribution in [0.5, 0.6) is 0 Å². The molecule has 0 atom stereocenters. The lowest BCUT2D eigenvalue weighted by molar-refractivity contribution is 0.136. The van der Waals surface area contributed by atoms with Crippen LogP contribution < -0.4 is 0 Å². The normalized spacial score (nSPS) is 11.5. The van der Waals surface area contributed by atoms with Crippen LogP contribution in [0.25, 0.3) is 0 Å². The molecule has 0 unspecified atom stereocenters. The summed E-state index contributed by atoms with van der Waals surface area (Å²) >= 11 is 0. The number of nitrogens with zero attached hydrogens (tertiary/aromatic N) is 1. The van der Waals surface area contributed by atoms with E-state index in [1.165, 1.54) is 70.6 Å². The molecule has 0 aromatic carbocycles. The first-order valence-electron chi connectivity index (χ1n) is 11.9. The SMILES string of the molecule is CCCCCCCCCCCCCCCCS(=O)(=O)O.OCCN(CCO)CCO. The van der Waals surface area contributed by atoms with Crippen molar-refractivity contribution in [3.8, 4) is 0 Å². The summed E-state index contributed by atoms with van der Waals surface area (Å²) in [5.74, 6) is -0.0783. The first-order valence-corrected chi connectivity index (χ1v) is 13.5. The minimum Gasteiger partial charge on any atom is -0.395 e. The van der Waals surface area contributed by atoms with Crippen LogP contribution in [-0.4, -0.2) is 78.4 Å². The highest BCUT2D eigenvalue weighted by Gasteiger charge is 2.03. The zero-order valence-electron chi connectivity index (χ0n) is 19.3. The summed E-state index contributed by atoms with van der Waals surface area (Å²) in [5.41, 5.74) is 0. The second kappa shape index (κ2) is 25.0. The van der Waals surface area contributed by atoms with E-state index in [0.29, 0.717) is 26.1 Å². The molecule has 0 fully saturated rings. The van der Waals surface area contributed by atoms with Crippen LogP contribution in [0.1, 0.15) is 96.8 Å². The van der Waals surface area contributed by atoms with Gasteiger partial charge in [0.1, 0.15) is 0 Å². The van der Waals surface area contributed by atoms with Crippen LogP contribution in [0.15, 0.2) is 0 Å². The molecule has 0 aliphatic carbocycles. The van der Waals surface area contributed by atoms with Crippen molar-refractivity contribution in [1.29, 1.82) is 0 Å². The molecular formula is C22H49NO6S. The van der Waals surface area contributed by atoms with Crippen molar-refractivity contribution < 1.29 is 28.3 Å². The highest BCUT2D eigenvalue weighted by Crippen LogP contribution is 2.13. The Labute approximate surface area is 185 Å². The van der Waals surface area contributed by atoms with Crippen molar-refractivity contribution >= 4 is 10.1 Å². The third kappa shape index (κ3) is 29.9. The highest BCUT2D eigenvalue weighted by atomic mass is 32.2. The molecule has 0 amide bonds. The van der Waals surface area contributed by atoms with Crippen molar-refractivity contribution in [2.45, 2.75) is 96.8 Å². The monoisotopic (exact) mass is 455 g/mol. The number of hydrogen-bond acceptors (Lipinski definition) is 6. The van der Waals surface area contributed by atoms with Gasteiger partial charge >= 0.3 is 0 Å². The first-order chi connectivity index (χ1) is 14.4. The summed E-state index contributed by atoms with van der Waals surface area (Å²) in [6, 6.07) is 0. The molecule has 0 aromatic rings. The van der Waals surface area contributed by atoms with Crippen LogP contribution in [0.3, 0.4) is 0 Å². The van der Waals surface area contributed by atoms with Crippen molar-refractivity contribution in [3.05, 3.63) is 0 Å². The van der Waals surface area contributed by atoms with Gasteiger partial charge in [0.05, 0.1) is 25.6 Å². The van der Waals surface area contributed by atoms with E-state index in [2.05, 4.69) is 6.92 Å². The van der Waals surface area contributed by atoms with Gasteiger partial charge in [-0.1, -0.05) is 90.4 Å². The van der Waals surface area contributed by atoms with Gasteiger partial charge < -0.3 is 15.3 Å². The minimum atomic E-state index is -3.74. The standard InChI is InChI=1S/C16H34O3S.C6H15NO3/c1-2-3-4-5-6-7-8-9-10-11-12-13-14-15-16-20(17,18)19;8-4-1-7(2-5-9)3-6-10/h2-16H2,1H3,(H,17,18,19);8-10H,1-6H2. The zero-order valence-corrected chi connectivity index (χ0v) is 20.1. The zero-order chi connectivity index (χ0) is 22.9. The van der Waals surface area contributed by atoms with E-state index in [-0.39, 0.29) is 25.6 Å². The first kappa shape index (κ1) is 31.9. The number of aliphatic hydroxyl groups excluding tert-OH is 3. The van der Waals surface area contributed by atoms with E-state index < -0.39 is 10.1 Å². The Hall–Kier alpha value is -0.250. The lowest BCUT2D eigenvalue weighted by Crippen LogP contribution is -2.32. The van der Waals surface area contributed by atoms with E-state index in [4.69, 9.17) is 19.9 Å². The fourth-order valence-electron chi connectivity index (χ4n) is 3.24. The molecule has 30 heavy (non-hydrogen) atoms. The van der Waals surface area contributed by atoms with Gasteiger partial charge in [-0.05, 0) is 6.42 Å². The number of unbranched alkanes of at least 4 members (excludes halogenated alkanes) is 13. The molecular weight excluding hydrogens is 406 g/mol. The van der Waals surface area contributed by atoms with Crippen LogP contribution in [0.2, 0.25) is 0 Å². The second-order valence-corrected chi connectivity index (χ2v) is 9.47. The van der Waals surface area contributed by atoms with Crippen molar-refractivity contribution in [1.82, 2.24) is 4.90 Å². The molecule has 0 bridgehead atoms. The lowest BCUT2D eigenvalue weighted by Gasteiger charge is -2.17.